The van der Waals surface area contributed by atoms with Gasteiger partial charge in [-0.05, 0) is 43.5 Å². The smallest absolute Gasteiger partial charge is 0.308 e. The summed E-state index contributed by atoms with van der Waals surface area (Å²) in [5.74, 6) is 0.366. The molecule has 1 aromatic heterocycles. The van der Waals surface area contributed by atoms with Crippen LogP contribution < -0.4 is 4.74 Å². The van der Waals surface area contributed by atoms with Gasteiger partial charge in [-0.1, -0.05) is 42.0 Å². The Balaban J connectivity index is 1.88. The van der Waals surface area contributed by atoms with Gasteiger partial charge in [0.05, 0.1) is 6.04 Å². The number of nitrogens with zero attached hydrogens (tertiary/aromatic N) is 1. The standard InChI is InChI=1S/C24H26N2O2/c1-16(2)13-21-24-22(28-17(3)27)10-9-20-23(24)19(14-25-20)11-12-26(21)15-18-7-5-4-6-8-18/h4-10,13-14,21,25H,11-12,15H2,1-3H3. The molecule has 144 valence electrons. The number of carbonyl (C=O) groups excluding carboxylic acids is 1. The maximum absolute atomic E-state index is 11.8. The molecule has 1 aliphatic heterocycles. The lowest BCUT2D eigenvalue weighted by Crippen LogP contribution is -2.29. The highest BCUT2D eigenvalue weighted by molar-refractivity contribution is 5.90. The van der Waals surface area contributed by atoms with E-state index in [2.05, 4.69) is 60.3 Å². The fourth-order valence-electron chi connectivity index (χ4n) is 4.12. The maximum Gasteiger partial charge on any atom is 0.308 e. The summed E-state index contributed by atoms with van der Waals surface area (Å²) in [7, 11) is 0. The molecule has 2 aromatic carbocycles. The fourth-order valence-corrected chi connectivity index (χ4v) is 4.12. The first kappa shape index (κ1) is 18.5. The van der Waals surface area contributed by atoms with Crippen LogP contribution in [0.3, 0.4) is 0 Å². The molecule has 1 unspecified atom stereocenters. The Hall–Kier alpha value is -2.85. The third-order valence-corrected chi connectivity index (χ3v) is 5.26. The minimum absolute atomic E-state index is 0.0420. The molecule has 4 nitrogen and oxygen atoms in total. The minimum atomic E-state index is -0.289. The van der Waals surface area contributed by atoms with Crippen molar-refractivity contribution >= 4 is 16.9 Å². The number of aromatic amines is 1. The Morgan fingerprint density at radius 1 is 1.18 bits per heavy atom. The van der Waals surface area contributed by atoms with Gasteiger partial charge in [-0.25, -0.2) is 0 Å². The van der Waals surface area contributed by atoms with E-state index in [1.807, 2.05) is 18.2 Å². The van der Waals surface area contributed by atoms with Crippen LogP contribution in [0.2, 0.25) is 0 Å². The minimum Gasteiger partial charge on any atom is -0.426 e. The van der Waals surface area contributed by atoms with Gasteiger partial charge in [-0.3, -0.25) is 9.69 Å². The second kappa shape index (κ2) is 7.64. The van der Waals surface area contributed by atoms with Crippen LogP contribution in [-0.2, 0) is 17.8 Å². The summed E-state index contributed by atoms with van der Waals surface area (Å²) < 4.78 is 5.66. The molecule has 4 heteroatoms. The maximum atomic E-state index is 11.8. The number of nitrogens with one attached hydrogen (secondary N) is 1. The second-order valence-electron chi connectivity index (χ2n) is 7.70. The highest BCUT2D eigenvalue weighted by atomic mass is 16.5. The van der Waals surface area contributed by atoms with Gasteiger partial charge in [0.2, 0.25) is 0 Å². The molecule has 4 rings (SSSR count). The number of aromatic nitrogens is 1. The van der Waals surface area contributed by atoms with Crippen molar-refractivity contribution in [1.29, 1.82) is 0 Å². The number of hydrogen-bond donors (Lipinski definition) is 1. The van der Waals surface area contributed by atoms with Gasteiger partial charge in [0.15, 0.2) is 0 Å². The van der Waals surface area contributed by atoms with Crippen molar-refractivity contribution in [3.63, 3.8) is 0 Å². The Morgan fingerprint density at radius 2 is 1.96 bits per heavy atom. The molecule has 1 N–H and O–H groups in total. The van der Waals surface area contributed by atoms with Crippen LogP contribution in [-0.4, -0.2) is 22.4 Å². The first-order valence-electron chi connectivity index (χ1n) is 9.77. The van der Waals surface area contributed by atoms with Crippen LogP contribution in [0, 0.1) is 0 Å². The van der Waals surface area contributed by atoms with Crippen molar-refractivity contribution < 1.29 is 9.53 Å². The summed E-state index contributed by atoms with van der Waals surface area (Å²) in [6, 6.07) is 14.5. The van der Waals surface area contributed by atoms with E-state index in [9.17, 15) is 4.79 Å². The van der Waals surface area contributed by atoms with Crippen molar-refractivity contribution in [2.24, 2.45) is 0 Å². The highest BCUT2D eigenvalue weighted by Crippen LogP contribution is 2.41. The Morgan fingerprint density at radius 3 is 2.68 bits per heavy atom. The quantitative estimate of drug-likeness (QED) is 0.390. The Bertz CT molecular complexity index is 1030. The molecule has 0 saturated carbocycles. The molecule has 3 aromatic rings. The van der Waals surface area contributed by atoms with E-state index in [1.54, 1.807) is 0 Å². The summed E-state index contributed by atoms with van der Waals surface area (Å²) in [6.07, 6.45) is 5.33. The van der Waals surface area contributed by atoms with Crippen LogP contribution in [0.4, 0.5) is 0 Å². The number of allylic oxidation sites excluding steroid dienone is 1. The summed E-state index contributed by atoms with van der Waals surface area (Å²) in [5.41, 5.74) is 5.98. The van der Waals surface area contributed by atoms with Gasteiger partial charge in [0.25, 0.3) is 0 Å². The summed E-state index contributed by atoms with van der Waals surface area (Å²) in [6.45, 7) is 7.48. The van der Waals surface area contributed by atoms with E-state index < -0.39 is 0 Å². The fraction of sp³-hybridized carbons (Fsp3) is 0.292. The third-order valence-electron chi connectivity index (χ3n) is 5.26. The van der Waals surface area contributed by atoms with Crippen LogP contribution in [0.15, 0.2) is 60.3 Å². The van der Waals surface area contributed by atoms with Crippen molar-refractivity contribution in [2.45, 2.75) is 39.8 Å². The molecule has 0 aliphatic carbocycles. The largest absolute Gasteiger partial charge is 0.426 e. The van der Waals surface area contributed by atoms with Gasteiger partial charge in [0.1, 0.15) is 5.75 Å². The molecule has 0 spiro atoms. The van der Waals surface area contributed by atoms with E-state index in [0.717, 1.165) is 30.6 Å². The molecule has 0 bridgehead atoms. The van der Waals surface area contributed by atoms with Crippen LogP contribution in [0.5, 0.6) is 5.75 Å². The summed E-state index contributed by atoms with van der Waals surface area (Å²) >= 11 is 0. The molecule has 0 radical (unpaired) electrons. The zero-order valence-corrected chi connectivity index (χ0v) is 16.7. The van der Waals surface area contributed by atoms with E-state index in [0.29, 0.717) is 5.75 Å². The zero-order chi connectivity index (χ0) is 19.7. The molecule has 0 fully saturated rings. The van der Waals surface area contributed by atoms with E-state index in [-0.39, 0.29) is 12.0 Å². The summed E-state index contributed by atoms with van der Waals surface area (Å²) in [4.78, 5) is 17.7. The zero-order valence-electron chi connectivity index (χ0n) is 16.7. The lowest BCUT2D eigenvalue weighted by molar-refractivity contribution is -0.131. The number of carbonyl (C=O) groups is 1. The van der Waals surface area contributed by atoms with Gasteiger partial charge >= 0.3 is 5.97 Å². The molecule has 0 saturated heterocycles. The Kier molecular flexibility index (Phi) is 5.05. The molecule has 1 aliphatic rings. The molecule has 2 heterocycles. The second-order valence-corrected chi connectivity index (χ2v) is 7.70. The predicted octanol–water partition coefficient (Wildman–Crippen LogP) is 5.16. The molecule has 28 heavy (non-hydrogen) atoms. The summed E-state index contributed by atoms with van der Waals surface area (Å²) in [5, 5.41) is 1.19. The van der Waals surface area contributed by atoms with E-state index in [1.165, 1.54) is 29.0 Å². The monoisotopic (exact) mass is 374 g/mol. The molecule has 0 amide bonds. The van der Waals surface area contributed by atoms with E-state index >= 15 is 0 Å². The topological polar surface area (TPSA) is 45.3 Å². The average molecular weight is 374 g/mol. The van der Waals surface area contributed by atoms with Gasteiger partial charge in [-0.15, -0.1) is 0 Å². The van der Waals surface area contributed by atoms with Gasteiger partial charge in [0, 0.05) is 42.7 Å². The number of hydrogen-bond acceptors (Lipinski definition) is 3. The van der Waals surface area contributed by atoms with Crippen molar-refractivity contribution in [2.75, 3.05) is 6.54 Å². The SMILES string of the molecule is CC(=O)Oc1ccc2[nH]cc3c2c1C(C=C(C)C)N(Cc1ccccc1)CC3. The Labute approximate surface area is 165 Å². The van der Waals surface area contributed by atoms with Crippen LogP contribution in [0.1, 0.15) is 43.5 Å². The van der Waals surface area contributed by atoms with Crippen LogP contribution in [0.25, 0.3) is 10.9 Å². The molecular formula is C24H26N2O2. The number of benzene rings is 2. The van der Waals surface area contributed by atoms with E-state index in [4.69, 9.17) is 4.74 Å². The van der Waals surface area contributed by atoms with Crippen molar-refractivity contribution in [3.05, 3.63) is 77.0 Å². The number of H-pyrrole nitrogens is 1. The highest BCUT2D eigenvalue weighted by Gasteiger charge is 2.29. The number of esters is 1. The number of rotatable bonds is 4. The van der Waals surface area contributed by atoms with Crippen LogP contribution >= 0.6 is 0 Å². The first-order chi connectivity index (χ1) is 13.5. The first-order valence-corrected chi connectivity index (χ1v) is 9.77. The lowest BCUT2D eigenvalue weighted by Gasteiger charge is -2.30. The molecule has 1 atom stereocenters. The van der Waals surface area contributed by atoms with Gasteiger partial charge < -0.3 is 9.72 Å². The third kappa shape index (κ3) is 3.60. The predicted molar refractivity (Wildman–Crippen MR) is 112 cm³/mol. The van der Waals surface area contributed by atoms with Gasteiger partial charge in [-0.2, -0.15) is 0 Å². The van der Waals surface area contributed by atoms with Crippen molar-refractivity contribution in [3.8, 4) is 5.75 Å². The van der Waals surface area contributed by atoms with Crippen molar-refractivity contribution in [1.82, 2.24) is 9.88 Å². The number of ether oxygens (including phenoxy) is 1. The molecular weight excluding hydrogens is 348 g/mol. The average Bonchev–Trinajstić information content (AvgIpc) is 3.00. The lowest BCUT2D eigenvalue weighted by atomic mass is 9.97. The normalized spacial score (nSPS) is 16.6.